The summed E-state index contributed by atoms with van der Waals surface area (Å²) in [4.78, 5) is 25.4. The van der Waals surface area contributed by atoms with Crippen molar-refractivity contribution in [2.45, 2.75) is 25.7 Å². The fourth-order valence-electron chi connectivity index (χ4n) is 3.00. The zero-order valence-corrected chi connectivity index (χ0v) is 16.3. The fourth-order valence-corrected chi connectivity index (χ4v) is 3.00. The number of aromatic nitrogens is 4. The minimum atomic E-state index is -0.228. The van der Waals surface area contributed by atoms with E-state index in [1.165, 1.54) is 23.9 Å². The summed E-state index contributed by atoms with van der Waals surface area (Å²) in [5.41, 5.74) is 3.25. The van der Waals surface area contributed by atoms with Crippen molar-refractivity contribution in [2.24, 2.45) is 7.05 Å². The molecule has 0 fully saturated rings. The van der Waals surface area contributed by atoms with Crippen LogP contribution in [-0.2, 0) is 13.5 Å². The Kier molecular flexibility index (Phi) is 6.37. The van der Waals surface area contributed by atoms with Crippen molar-refractivity contribution in [3.63, 3.8) is 0 Å². The molecule has 3 aromatic rings. The molecule has 7 heteroatoms. The van der Waals surface area contributed by atoms with Crippen LogP contribution in [0.15, 0.2) is 53.3 Å². The van der Waals surface area contributed by atoms with Crippen molar-refractivity contribution in [1.82, 2.24) is 24.9 Å². The third kappa shape index (κ3) is 4.94. The molecule has 0 aliphatic rings. The number of benzene rings is 1. The van der Waals surface area contributed by atoms with Crippen LogP contribution in [0, 0.1) is 0 Å². The molecule has 0 aliphatic heterocycles. The average Bonchev–Trinajstić information content (AvgIpc) is 3.19. The second-order valence-electron chi connectivity index (χ2n) is 6.86. The number of aromatic amines is 1. The number of aryl methyl sites for hydroxylation is 2. The van der Waals surface area contributed by atoms with Crippen LogP contribution < -0.4 is 5.56 Å². The normalized spacial score (nSPS) is 10.8. The summed E-state index contributed by atoms with van der Waals surface area (Å²) in [6.07, 6.45) is 3.88. The zero-order chi connectivity index (χ0) is 19.9. The average molecular weight is 379 g/mol. The third-order valence-electron chi connectivity index (χ3n) is 4.67. The maximum atomic E-state index is 12.4. The van der Waals surface area contributed by atoms with Crippen molar-refractivity contribution in [1.29, 1.82) is 0 Å². The highest BCUT2D eigenvalue weighted by Gasteiger charge is 2.13. The van der Waals surface area contributed by atoms with Crippen LogP contribution in [0.5, 0.6) is 0 Å². The quantitative estimate of drug-likeness (QED) is 0.610. The SMILES string of the molecule is CN(CCCCCc1cc(-c2ccccc2)n[nH]1)C(=O)c1ccc(=O)n(C)n1. The van der Waals surface area contributed by atoms with Gasteiger partial charge in [-0.25, -0.2) is 4.68 Å². The van der Waals surface area contributed by atoms with E-state index in [1.54, 1.807) is 11.9 Å². The van der Waals surface area contributed by atoms with Crippen molar-refractivity contribution in [3.05, 3.63) is 70.3 Å². The molecule has 0 aliphatic carbocycles. The van der Waals surface area contributed by atoms with Gasteiger partial charge in [-0.2, -0.15) is 10.2 Å². The zero-order valence-electron chi connectivity index (χ0n) is 16.3. The molecule has 146 valence electrons. The molecule has 28 heavy (non-hydrogen) atoms. The number of nitrogens with one attached hydrogen (secondary N) is 1. The standard InChI is InChI=1S/C21H25N5O2/c1-25(21(28)18-12-13-20(27)26(2)24-18)14-8-4-7-11-17-15-19(23-22-17)16-9-5-3-6-10-16/h3,5-6,9-10,12-13,15H,4,7-8,11,14H2,1-2H3,(H,22,23). The lowest BCUT2D eigenvalue weighted by atomic mass is 10.1. The van der Waals surface area contributed by atoms with Gasteiger partial charge in [-0.3, -0.25) is 14.7 Å². The van der Waals surface area contributed by atoms with E-state index in [-0.39, 0.29) is 17.2 Å². The highest BCUT2D eigenvalue weighted by atomic mass is 16.2. The molecule has 0 atom stereocenters. The molecule has 1 aromatic carbocycles. The summed E-state index contributed by atoms with van der Waals surface area (Å²) in [7, 11) is 3.30. The highest BCUT2D eigenvalue weighted by molar-refractivity contribution is 5.91. The lowest BCUT2D eigenvalue weighted by molar-refractivity contribution is 0.0784. The van der Waals surface area contributed by atoms with E-state index in [0.29, 0.717) is 6.54 Å². The molecule has 0 saturated heterocycles. The van der Waals surface area contributed by atoms with Gasteiger partial charge in [0.15, 0.2) is 0 Å². The van der Waals surface area contributed by atoms with Crippen LogP contribution in [0.25, 0.3) is 11.3 Å². The molecular formula is C21H25N5O2. The minimum absolute atomic E-state index is 0.170. The van der Waals surface area contributed by atoms with Crippen LogP contribution in [-0.4, -0.2) is 44.4 Å². The summed E-state index contributed by atoms with van der Waals surface area (Å²) >= 11 is 0. The molecule has 1 N–H and O–H groups in total. The molecule has 0 radical (unpaired) electrons. The van der Waals surface area contributed by atoms with Crippen LogP contribution in [0.1, 0.15) is 35.4 Å². The van der Waals surface area contributed by atoms with Gasteiger partial charge in [0.1, 0.15) is 5.69 Å². The molecule has 3 rings (SSSR count). The first-order chi connectivity index (χ1) is 13.5. The largest absolute Gasteiger partial charge is 0.340 e. The van der Waals surface area contributed by atoms with Crippen molar-refractivity contribution in [2.75, 3.05) is 13.6 Å². The van der Waals surface area contributed by atoms with Gasteiger partial charge in [0.2, 0.25) is 0 Å². The Labute approximate surface area is 164 Å². The van der Waals surface area contributed by atoms with E-state index in [9.17, 15) is 9.59 Å². The highest BCUT2D eigenvalue weighted by Crippen LogP contribution is 2.18. The number of unbranched alkanes of at least 4 members (excludes halogenated alkanes) is 2. The summed E-state index contributed by atoms with van der Waals surface area (Å²) < 4.78 is 1.18. The molecule has 7 nitrogen and oxygen atoms in total. The van der Waals surface area contributed by atoms with Gasteiger partial charge < -0.3 is 4.90 Å². The number of nitrogens with zero attached hydrogens (tertiary/aromatic N) is 4. The molecule has 2 aromatic heterocycles. The van der Waals surface area contributed by atoms with E-state index < -0.39 is 0 Å². The lowest BCUT2D eigenvalue weighted by Crippen LogP contribution is -2.31. The predicted molar refractivity (Wildman–Crippen MR) is 108 cm³/mol. The summed E-state index contributed by atoms with van der Waals surface area (Å²) in [6.45, 7) is 0.654. The molecule has 0 unspecified atom stereocenters. The van der Waals surface area contributed by atoms with Gasteiger partial charge in [0.05, 0.1) is 5.69 Å². The van der Waals surface area contributed by atoms with E-state index in [1.807, 2.05) is 30.3 Å². The Hall–Kier alpha value is -3.22. The van der Waals surface area contributed by atoms with Crippen molar-refractivity contribution < 1.29 is 4.79 Å². The molecule has 2 heterocycles. The van der Waals surface area contributed by atoms with Crippen LogP contribution in [0.3, 0.4) is 0 Å². The van der Waals surface area contributed by atoms with Gasteiger partial charge in [-0.15, -0.1) is 0 Å². The van der Waals surface area contributed by atoms with Crippen LogP contribution >= 0.6 is 0 Å². The van der Waals surface area contributed by atoms with Crippen molar-refractivity contribution >= 4 is 5.91 Å². The Bertz CT molecular complexity index is 978. The number of amides is 1. The minimum Gasteiger partial charge on any atom is -0.340 e. The summed E-state index contributed by atoms with van der Waals surface area (Å²) in [6, 6.07) is 15.0. The summed E-state index contributed by atoms with van der Waals surface area (Å²) in [5.74, 6) is -0.170. The number of hydrogen-bond donors (Lipinski definition) is 1. The monoisotopic (exact) mass is 379 g/mol. The van der Waals surface area contributed by atoms with Gasteiger partial charge in [0, 0.05) is 38.0 Å². The maximum absolute atomic E-state index is 12.4. The Morgan fingerprint density at radius 1 is 1.11 bits per heavy atom. The van der Waals surface area contributed by atoms with Crippen LogP contribution in [0.2, 0.25) is 0 Å². The van der Waals surface area contributed by atoms with Gasteiger partial charge in [-0.05, 0) is 31.4 Å². The van der Waals surface area contributed by atoms with E-state index >= 15 is 0 Å². The second-order valence-corrected chi connectivity index (χ2v) is 6.86. The number of hydrogen-bond acceptors (Lipinski definition) is 4. The van der Waals surface area contributed by atoms with Gasteiger partial charge in [-0.1, -0.05) is 36.8 Å². The number of H-pyrrole nitrogens is 1. The van der Waals surface area contributed by atoms with Gasteiger partial charge in [0.25, 0.3) is 11.5 Å². The Morgan fingerprint density at radius 3 is 2.64 bits per heavy atom. The lowest BCUT2D eigenvalue weighted by Gasteiger charge is -2.16. The van der Waals surface area contributed by atoms with Crippen molar-refractivity contribution in [3.8, 4) is 11.3 Å². The first-order valence-corrected chi connectivity index (χ1v) is 9.44. The molecule has 0 bridgehead atoms. The number of carbonyl (C=O) groups excluding carboxylic acids is 1. The predicted octanol–water partition coefficient (Wildman–Crippen LogP) is 2.66. The van der Waals surface area contributed by atoms with Gasteiger partial charge >= 0.3 is 0 Å². The first-order valence-electron chi connectivity index (χ1n) is 9.44. The first kappa shape index (κ1) is 19.5. The fraction of sp³-hybridized carbons (Fsp3) is 0.333. The summed E-state index contributed by atoms with van der Waals surface area (Å²) in [5, 5.41) is 11.5. The molecule has 0 saturated carbocycles. The smallest absolute Gasteiger partial charge is 0.274 e. The number of rotatable bonds is 8. The van der Waals surface area contributed by atoms with Crippen LogP contribution in [0.4, 0.5) is 0 Å². The molecule has 0 spiro atoms. The maximum Gasteiger partial charge on any atom is 0.274 e. The Morgan fingerprint density at radius 2 is 1.89 bits per heavy atom. The van der Waals surface area contributed by atoms with E-state index in [4.69, 9.17) is 0 Å². The Balaban J connectivity index is 1.41. The molecule has 1 amide bonds. The topological polar surface area (TPSA) is 83.9 Å². The van der Waals surface area contributed by atoms with E-state index in [0.717, 1.165) is 42.6 Å². The number of carbonyl (C=O) groups is 1. The third-order valence-corrected chi connectivity index (χ3v) is 4.67. The van der Waals surface area contributed by atoms with E-state index in [2.05, 4.69) is 21.4 Å². The molecular weight excluding hydrogens is 354 g/mol. The second kappa shape index (κ2) is 9.12.